The number of aryl methyl sites for hydroxylation is 1. The van der Waals surface area contributed by atoms with Gasteiger partial charge in [-0.05, 0) is 61.6 Å². The number of pyridine rings is 1. The second kappa shape index (κ2) is 13.6. The highest BCUT2D eigenvalue weighted by Gasteiger charge is 2.49. The molecule has 41 heavy (non-hydrogen) atoms. The van der Waals surface area contributed by atoms with Gasteiger partial charge in [0, 0.05) is 29.8 Å². The van der Waals surface area contributed by atoms with Crippen LogP contribution in [-0.2, 0) is 27.3 Å². The van der Waals surface area contributed by atoms with Crippen LogP contribution in [0.15, 0.2) is 85.2 Å². The summed E-state index contributed by atoms with van der Waals surface area (Å²) in [5.41, 5.74) is 3.65. The molecule has 1 saturated heterocycles. The largest absolute Gasteiger partial charge is 0.381 e. The molecular weight excluding hydrogens is 536 g/mol. The number of benzene rings is 2. The Morgan fingerprint density at radius 3 is 2.54 bits per heavy atom. The van der Waals surface area contributed by atoms with Crippen LogP contribution in [0.4, 0.5) is 0 Å². The standard InChI is InChI=1S/C32H36N4O4S/c1-22-10-7-8-14-25(22)20-34-30(39)29-32(2,3)41-21-36(29)31(40)28(38)26(18-23-11-5-4-6-12-23)35-27(37)16-15-24-13-9-17-33-19-24/h4-17,19,26,28-29,38H,18,20-21H2,1-3H3,(H,34,39)(H,35,37)/b16-15+/t26-,28-,29+/m0/s1. The first-order valence-electron chi connectivity index (χ1n) is 13.5. The molecule has 0 bridgehead atoms. The maximum absolute atomic E-state index is 13.8. The Kier molecular flexibility index (Phi) is 9.96. The number of thioether (sulfide) groups is 1. The lowest BCUT2D eigenvalue weighted by molar-refractivity contribution is -0.147. The van der Waals surface area contributed by atoms with Crippen molar-refractivity contribution in [3.05, 3.63) is 107 Å². The first kappa shape index (κ1) is 30.0. The molecule has 2 aromatic carbocycles. The number of amides is 3. The van der Waals surface area contributed by atoms with Gasteiger partial charge in [0.25, 0.3) is 5.91 Å². The number of aromatic nitrogens is 1. The van der Waals surface area contributed by atoms with Gasteiger partial charge in [-0.15, -0.1) is 11.8 Å². The summed E-state index contributed by atoms with van der Waals surface area (Å²) in [7, 11) is 0. The van der Waals surface area contributed by atoms with E-state index in [-0.39, 0.29) is 18.2 Å². The molecule has 0 saturated carbocycles. The van der Waals surface area contributed by atoms with E-state index in [0.717, 1.165) is 22.3 Å². The van der Waals surface area contributed by atoms with Crippen LogP contribution in [0.1, 0.15) is 36.1 Å². The van der Waals surface area contributed by atoms with Gasteiger partial charge in [-0.3, -0.25) is 19.4 Å². The lowest BCUT2D eigenvalue weighted by atomic mass is 9.97. The number of hydrogen-bond acceptors (Lipinski definition) is 6. The molecule has 3 N–H and O–H groups in total. The van der Waals surface area contributed by atoms with Gasteiger partial charge < -0.3 is 20.6 Å². The van der Waals surface area contributed by atoms with E-state index in [1.165, 1.54) is 22.7 Å². The van der Waals surface area contributed by atoms with Crippen molar-refractivity contribution in [3.63, 3.8) is 0 Å². The van der Waals surface area contributed by atoms with Crippen molar-refractivity contribution in [2.24, 2.45) is 0 Å². The van der Waals surface area contributed by atoms with E-state index in [9.17, 15) is 19.5 Å². The molecule has 1 fully saturated rings. The summed E-state index contributed by atoms with van der Waals surface area (Å²) in [5, 5.41) is 17.2. The Bertz CT molecular complexity index is 1380. The Labute approximate surface area is 245 Å². The molecule has 0 spiro atoms. The average molecular weight is 573 g/mol. The molecule has 214 valence electrons. The Hall–Kier alpha value is -3.95. The lowest BCUT2D eigenvalue weighted by Crippen LogP contribution is -2.58. The van der Waals surface area contributed by atoms with Gasteiger partial charge in [0.15, 0.2) is 6.10 Å². The SMILES string of the molecule is Cc1ccccc1CNC(=O)[C@H]1N(C(=O)[C@@H](O)[C@H](Cc2ccccc2)NC(=O)/C=C/c2cccnc2)CSC1(C)C. The molecule has 1 aliphatic rings. The Morgan fingerprint density at radius 2 is 1.83 bits per heavy atom. The zero-order valence-electron chi connectivity index (χ0n) is 23.5. The molecule has 2 heterocycles. The van der Waals surface area contributed by atoms with E-state index in [0.29, 0.717) is 6.54 Å². The van der Waals surface area contributed by atoms with Crippen LogP contribution in [0.5, 0.6) is 0 Å². The van der Waals surface area contributed by atoms with Crippen LogP contribution >= 0.6 is 11.8 Å². The van der Waals surface area contributed by atoms with E-state index in [1.54, 1.807) is 24.5 Å². The summed E-state index contributed by atoms with van der Waals surface area (Å²) in [6.45, 7) is 6.16. The van der Waals surface area contributed by atoms with Crippen LogP contribution in [-0.4, -0.2) is 61.5 Å². The van der Waals surface area contributed by atoms with E-state index in [1.807, 2.05) is 81.4 Å². The highest BCUT2D eigenvalue weighted by Crippen LogP contribution is 2.40. The smallest absolute Gasteiger partial charge is 0.254 e. The molecule has 9 heteroatoms. The van der Waals surface area contributed by atoms with Gasteiger partial charge in [0.05, 0.1) is 11.9 Å². The lowest BCUT2D eigenvalue weighted by Gasteiger charge is -2.33. The van der Waals surface area contributed by atoms with Gasteiger partial charge in [-0.2, -0.15) is 0 Å². The van der Waals surface area contributed by atoms with Gasteiger partial charge in [0.2, 0.25) is 11.8 Å². The van der Waals surface area contributed by atoms with Crippen LogP contribution in [0.25, 0.3) is 6.08 Å². The van der Waals surface area contributed by atoms with Crippen molar-refractivity contribution in [1.82, 2.24) is 20.5 Å². The zero-order chi connectivity index (χ0) is 29.4. The van der Waals surface area contributed by atoms with Crippen molar-refractivity contribution in [3.8, 4) is 0 Å². The van der Waals surface area contributed by atoms with Crippen molar-refractivity contribution in [2.45, 2.75) is 56.7 Å². The predicted molar refractivity (Wildman–Crippen MR) is 162 cm³/mol. The number of hydrogen-bond donors (Lipinski definition) is 3. The molecule has 0 unspecified atom stereocenters. The molecule has 3 atom stereocenters. The summed E-state index contributed by atoms with van der Waals surface area (Å²) >= 11 is 1.48. The summed E-state index contributed by atoms with van der Waals surface area (Å²) < 4.78 is -0.574. The first-order chi connectivity index (χ1) is 19.7. The van der Waals surface area contributed by atoms with Crippen LogP contribution in [0, 0.1) is 6.92 Å². The minimum atomic E-state index is -1.56. The fraction of sp³-hybridized carbons (Fsp3) is 0.312. The molecule has 0 radical (unpaired) electrons. The highest BCUT2D eigenvalue weighted by atomic mass is 32.2. The normalized spacial score (nSPS) is 17.7. The first-order valence-corrected chi connectivity index (χ1v) is 14.5. The number of carbonyl (C=O) groups excluding carboxylic acids is 3. The quantitative estimate of drug-likeness (QED) is 0.321. The monoisotopic (exact) mass is 572 g/mol. The topological polar surface area (TPSA) is 112 Å². The third-order valence-electron chi connectivity index (χ3n) is 7.16. The van der Waals surface area contributed by atoms with Crippen molar-refractivity contribution < 1.29 is 19.5 Å². The third kappa shape index (κ3) is 7.83. The molecule has 0 aliphatic carbocycles. The number of nitrogens with zero attached hydrogens (tertiary/aromatic N) is 2. The summed E-state index contributed by atoms with van der Waals surface area (Å²) in [6, 6.07) is 19.0. The molecule has 1 aliphatic heterocycles. The second-order valence-electron chi connectivity index (χ2n) is 10.6. The van der Waals surface area contributed by atoms with Crippen molar-refractivity contribution >= 4 is 35.6 Å². The summed E-state index contributed by atoms with van der Waals surface area (Å²) in [4.78, 5) is 45.6. The van der Waals surface area contributed by atoms with E-state index in [2.05, 4.69) is 15.6 Å². The van der Waals surface area contributed by atoms with Gasteiger partial charge in [-0.1, -0.05) is 60.7 Å². The van der Waals surface area contributed by atoms with Crippen molar-refractivity contribution in [2.75, 3.05) is 5.88 Å². The van der Waals surface area contributed by atoms with Gasteiger partial charge >= 0.3 is 0 Å². The van der Waals surface area contributed by atoms with Crippen LogP contribution in [0.3, 0.4) is 0 Å². The molecule has 3 aromatic rings. The zero-order valence-corrected chi connectivity index (χ0v) is 24.3. The molecule has 4 rings (SSSR count). The summed E-state index contributed by atoms with van der Waals surface area (Å²) in [6.07, 6.45) is 4.90. The van der Waals surface area contributed by atoms with Crippen LogP contribution in [0.2, 0.25) is 0 Å². The number of nitrogens with one attached hydrogen (secondary N) is 2. The maximum Gasteiger partial charge on any atom is 0.254 e. The van der Waals surface area contributed by atoms with E-state index in [4.69, 9.17) is 0 Å². The molecule has 8 nitrogen and oxygen atoms in total. The minimum Gasteiger partial charge on any atom is -0.381 e. The minimum absolute atomic E-state index is 0.231. The second-order valence-corrected chi connectivity index (χ2v) is 12.2. The summed E-state index contributed by atoms with van der Waals surface area (Å²) in [5.74, 6) is -1.09. The van der Waals surface area contributed by atoms with Crippen molar-refractivity contribution in [1.29, 1.82) is 0 Å². The fourth-order valence-electron chi connectivity index (χ4n) is 4.83. The Morgan fingerprint density at radius 1 is 1.10 bits per heavy atom. The van der Waals surface area contributed by atoms with Crippen LogP contribution < -0.4 is 10.6 Å². The number of aliphatic hydroxyl groups is 1. The fourth-order valence-corrected chi connectivity index (χ4v) is 5.97. The molecule has 1 aromatic heterocycles. The number of carbonyl (C=O) groups is 3. The maximum atomic E-state index is 13.8. The van der Waals surface area contributed by atoms with Gasteiger partial charge in [0.1, 0.15) is 6.04 Å². The van der Waals surface area contributed by atoms with E-state index < -0.39 is 34.7 Å². The molecular formula is C32H36N4O4S. The Balaban J connectivity index is 1.51. The number of rotatable bonds is 10. The van der Waals surface area contributed by atoms with E-state index >= 15 is 0 Å². The average Bonchev–Trinajstić information content (AvgIpc) is 3.30. The van der Waals surface area contributed by atoms with Gasteiger partial charge in [-0.25, -0.2) is 0 Å². The molecule has 3 amide bonds. The number of aliphatic hydroxyl groups excluding tert-OH is 1. The highest BCUT2D eigenvalue weighted by molar-refractivity contribution is 8.00. The third-order valence-corrected chi connectivity index (χ3v) is 8.54. The predicted octanol–water partition coefficient (Wildman–Crippen LogP) is 3.49.